The molecule has 0 atom stereocenters. The molecule has 1 aliphatic rings. The van der Waals surface area contributed by atoms with Crippen LogP contribution in [0.15, 0.2) is 33.7 Å². The summed E-state index contributed by atoms with van der Waals surface area (Å²) in [6, 6.07) is 0. The second-order valence-corrected chi connectivity index (χ2v) is 17.3. The predicted octanol–water partition coefficient (Wildman–Crippen LogP) is 14.4. The molecule has 1 amide bonds. The second kappa shape index (κ2) is 34.2. The molecule has 1 aliphatic carbocycles. The Hall–Kier alpha value is -1.56. The maximum absolute atomic E-state index is 13.3. The molecule has 0 saturated carbocycles. The van der Waals surface area contributed by atoms with Crippen molar-refractivity contribution in [3.05, 3.63) is 24.3 Å². The van der Waals surface area contributed by atoms with Gasteiger partial charge in [-0.15, -0.1) is 0 Å². The van der Waals surface area contributed by atoms with Gasteiger partial charge in [0.25, 0.3) is 10.0 Å². The van der Waals surface area contributed by atoms with E-state index in [0.29, 0.717) is 11.4 Å². The summed E-state index contributed by atoms with van der Waals surface area (Å²) in [5, 5.41) is 0. The highest BCUT2D eigenvalue weighted by Crippen LogP contribution is 2.22. The number of hydrogen-bond donors (Lipinski definition) is 0. The van der Waals surface area contributed by atoms with Gasteiger partial charge >= 0.3 is 0 Å². The van der Waals surface area contributed by atoms with E-state index in [1.54, 1.807) is 24.3 Å². The van der Waals surface area contributed by atoms with Crippen molar-refractivity contribution in [2.75, 3.05) is 6.26 Å². The lowest BCUT2D eigenvalue weighted by Gasteiger charge is -2.14. The first-order chi connectivity index (χ1) is 24.9. The lowest BCUT2D eigenvalue weighted by atomic mass is 9.93. The molecule has 0 saturated heterocycles. The van der Waals surface area contributed by atoms with Crippen molar-refractivity contribution >= 4 is 27.4 Å². The molecule has 0 heterocycles. The molecule has 0 bridgehead atoms. The zero-order valence-corrected chi connectivity index (χ0v) is 34.8. The Morgan fingerprint density at radius 1 is 0.451 bits per heavy atom. The fourth-order valence-corrected chi connectivity index (χ4v) is 7.77. The van der Waals surface area contributed by atoms with Gasteiger partial charge in [0.15, 0.2) is 0 Å². The summed E-state index contributed by atoms with van der Waals surface area (Å²) in [5.74, 6) is -0.0478. The molecule has 51 heavy (non-hydrogen) atoms. The number of sulfonamides is 1. The van der Waals surface area contributed by atoms with Gasteiger partial charge in [0.05, 0.1) is 17.7 Å². The average Bonchev–Trinajstić information content (AvgIpc) is 3.10. The monoisotopic (exact) mass is 731 g/mol. The lowest BCUT2D eigenvalue weighted by molar-refractivity contribution is -0.122. The third-order valence-electron chi connectivity index (χ3n) is 10.5. The van der Waals surface area contributed by atoms with Gasteiger partial charge < -0.3 is 0 Å². The maximum atomic E-state index is 13.3. The highest BCUT2D eigenvalue weighted by molar-refractivity contribution is 7.89. The minimum atomic E-state index is -3.46. The van der Waals surface area contributed by atoms with E-state index in [2.05, 4.69) is 23.2 Å². The van der Waals surface area contributed by atoms with Gasteiger partial charge in [-0.25, -0.2) is 13.4 Å². The highest BCUT2D eigenvalue weighted by atomic mass is 32.2. The summed E-state index contributed by atoms with van der Waals surface area (Å²) >= 11 is 0. The molecule has 5 nitrogen and oxygen atoms in total. The van der Waals surface area contributed by atoms with E-state index in [0.717, 1.165) is 31.9 Å². The smallest absolute Gasteiger partial charge is 0.250 e. The fraction of sp³-hybridized carbons (Fsp3) is 0.844. The van der Waals surface area contributed by atoms with Crippen molar-refractivity contribution in [1.82, 2.24) is 0 Å². The maximum Gasteiger partial charge on any atom is 0.250 e. The van der Waals surface area contributed by atoms with Crippen LogP contribution in [0, 0.1) is 5.92 Å². The Balaban J connectivity index is 2.29. The van der Waals surface area contributed by atoms with Crippen molar-refractivity contribution < 1.29 is 13.2 Å². The third kappa shape index (κ3) is 31.7. The summed E-state index contributed by atoms with van der Waals surface area (Å²) in [6.07, 6.45) is 52.8. The fourth-order valence-electron chi connectivity index (χ4n) is 7.27. The van der Waals surface area contributed by atoms with Gasteiger partial charge in [0.1, 0.15) is 0 Å². The molecule has 0 aromatic rings. The van der Waals surface area contributed by atoms with Crippen LogP contribution in [-0.2, 0) is 14.8 Å². The Bertz CT molecular complexity index is 1010. The van der Waals surface area contributed by atoms with E-state index in [9.17, 15) is 13.2 Å². The zero-order chi connectivity index (χ0) is 37.1. The molecule has 0 aliphatic heterocycles. The molecule has 0 aromatic carbocycles. The van der Waals surface area contributed by atoms with E-state index < -0.39 is 10.0 Å². The molecular formula is C45H82N2O3S. The molecule has 296 valence electrons. The first-order valence-corrected chi connectivity index (χ1v) is 24.0. The summed E-state index contributed by atoms with van der Waals surface area (Å²) in [5.41, 5.74) is 0.943. The number of rotatable bonds is 36. The van der Waals surface area contributed by atoms with Gasteiger partial charge in [0, 0.05) is 5.92 Å². The van der Waals surface area contributed by atoms with Crippen molar-refractivity contribution in [3.8, 4) is 0 Å². The Labute approximate surface area is 317 Å². The lowest BCUT2D eigenvalue weighted by Crippen LogP contribution is -2.15. The normalized spacial score (nSPS) is 13.1. The first kappa shape index (κ1) is 47.5. The highest BCUT2D eigenvalue weighted by Gasteiger charge is 2.18. The van der Waals surface area contributed by atoms with Gasteiger partial charge in [-0.05, 0) is 37.1 Å². The van der Waals surface area contributed by atoms with E-state index in [1.807, 2.05) is 0 Å². The minimum Gasteiger partial charge on any atom is -0.272 e. The molecule has 1 rings (SSSR count). The molecule has 6 heteroatoms. The molecule has 0 radical (unpaired) electrons. The molecule has 0 N–H and O–H groups in total. The second-order valence-electron chi connectivity index (χ2n) is 15.7. The summed E-state index contributed by atoms with van der Waals surface area (Å²) in [6.45, 7) is 4.57. The van der Waals surface area contributed by atoms with Crippen LogP contribution in [0.25, 0.3) is 0 Å². The number of carbonyl (C=O) groups excluding carboxylic acids is 1. The summed E-state index contributed by atoms with van der Waals surface area (Å²) in [7, 11) is -3.46. The van der Waals surface area contributed by atoms with Crippen LogP contribution in [0.1, 0.15) is 232 Å². The van der Waals surface area contributed by atoms with Crippen LogP contribution in [0.3, 0.4) is 0 Å². The van der Waals surface area contributed by atoms with Gasteiger partial charge in [-0.3, -0.25) is 4.79 Å². The Morgan fingerprint density at radius 2 is 0.706 bits per heavy atom. The van der Waals surface area contributed by atoms with Crippen LogP contribution < -0.4 is 0 Å². The van der Waals surface area contributed by atoms with Gasteiger partial charge in [-0.1, -0.05) is 219 Å². The largest absolute Gasteiger partial charge is 0.272 e. The number of allylic oxidation sites excluding steroid dienone is 4. The third-order valence-corrected chi connectivity index (χ3v) is 11.1. The van der Waals surface area contributed by atoms with E-state index in [4.69, 9.17) is 0 Å². The molecular weight excluding hydrogens is 649 g/mol. The van der Waals surface area contributed by atoms with Crippen LogP contribution in [0.4, 0.5) is 0 Å². The summed E-state index contributed by atoms with van der Waals surface area (Å²) in [4.78, 5) is 17.8. The molecule has 0 aromatic heterocycles. The summed E-state index contributed by atoms with van der Waals surface area (Å²) < 4.78 is 26.7. The van der Waals surface area contributed by atoms with Gasteiger partial charge in [-0.2, -0.15) is 4.40 Å². The molecule has 0 fully saturated rings. The Morgan fingerprint density at radius 3 is 0.980 bits per heavy atom. The first-order valence-electron chi connectivity index (χ1n) is 22.1. The number of nitrogens with zero attached hydrogens (tertiary/aromatic N) is 2. The van der Waals surface area contributed by atoms with Crippen molar-refractivity contribution in [1.29, 1.82) is 0 Å². The number of carbonyl (C=O) groups is 1. The average molecular weight is 731 g/mol. The van der Waals surface area contributed by atoms with Crippen LogP contribution in [-0.4, -0.2) is 32.0 Å². The molecule has 0 unspecified atom stereocenters. The van der Waals surface area contributed by atoms with Crippen LogP contribution in [0.2, 0.25) is 0 Å². The standard InChI is InChI=1S/C45H82N2O3S/c1-4-6-8-10-12-14-16-18-20-22-24-26-28-30-32-34-36-42(45(48)46-43-38-40-44(41-39-43)47-51(3,49)50)37-35-33-31-29-27-25-23-21-19-17-15-13-11-9-7-5-2/h38-42H,4-37H2,1-3H3. The van der Waals surface area contributed by atoms with E-state index >= 15 is 0 Å². The quantitative estimate of drug-likeness (QED) is 0.0476. The molecule has 0 spiro atoms. The van der Waals surface area contributed by atoms with E-state index in [1.165, 1.54) is 193 Å². The van der Waals surface area contributed by atoms with Crippen molar-refractivity contribution in [2.45, 2.75) is 232 Å². The zero-order valence-electron chi connectivity index (χ0n) is 34.0. The number of aliphatic imine (C=N–C) groups is 1. The SMILES string of the molecule is CCCCCCCCCCCCCCCCCCC(CCCCCCCCCCCCCCCCCC)C(=O)N=C1C=CC(=NS(C)(=O)=O)C=C1. The van der Waals surface area contributed by atoms with Crippen molar-refractivity contribution in [3.63, 3.8) is 0 Å². The predicted molar refractivity (Wildman–Crippen MR) is 225 cm³/mol. The topological polar surface area (TPSA) is 75.9 Å². The Kier molecular flexibility index (Phi) is 31.8. The van der Waals surface area contributed by atoms with Gasteiger partial charge in [0.2, 0.25) is 5.91 Å². The van der Waals surface area contributed by atoms with Crippen molar-refractivity contribution in [2.24, 2.45) is 15.3 Å². The number of unbranched alkanes of at least 4 members (excludes halogenated alkanes) is 30. The number of amides is 1. The van der Waals surface area contributed by atoms with E-state index in [-0.39, 0.29) is 11.8 Å². The van der Waals surface area contributed by atoms with Crippen LogP contribution in [0.5, 0.6) is 0 Å². The van der Waals surface area contributed by atoms with Crippen LogP contribution >= 0.6 is 0 Å². The minimum absolute atomic E-state index is 0.0234. The number of hydrogen-bond acceptors (Lipinski definition) is 3.